The number of hydrogen-bond donors (Lipinski definition) is 2. The minimum atomic E-state index is -3.43. The normalized spacial score (nSPS) is 18.9. The number of likely N-dealkylation sites (tertiary alicyclic amines) is 1. The van der Waals surface area contributed by atoms with Crippen molar-refractivity contribution in [3.8, 4) is 0 Å². The molecule has 0 unspecified atom stereocenters. The average Bonchev–Trinajstić information content (AvgIpc) is 3.02. The Hall–Kier alpha value is -1.90. The summed E-state index contributed by atoms with van der Waals surface area (Å²) < 4.78 is 23.4. The summed E-state index contributed by atoms with van der Waals surface area (Å²) in [7, 11) is -3.43. The third-order valence-corrected chi connectivity index (χ3v) is 4.62. The molecular weight excluding hydrogens is 298 g/mol. The lowest BCUT2D eigenvalue weighted by molar-refractivity contribution is -0.141. The van der Waals surface area contributed by atoms with E-state index in [2.05, 4.69) is 10.2 Å². The maximum absolute atomic E-state index is 12.1. The number of nitrogens with zero attached hydrogens (tertiary/aromatic N) is 2. The topological polar surface area (TPSA) is 120 Å². The van der Waals surface area contributed by atoms with E-state index < -0.39 is 21.8 Å². The van der Waals surface area contributed by atoms with Crippen LogP contribution in [0.15, 0.2) is 11.1 Å². The van der Waals surface area contributed by atoms with Crippen LogP contribution in [0.2, 0.25) is 0 Å². The van der Waals surface area contributed by atoms with E-state index in [1.165, 1.54) is 11.1 Å². The van der Waals surface area contributed by atoms with Gasteiger partial charge in [0.25, 0.3) is 0 Å². The highest BCUT2D eigenvalue weighted by molar-refractivity contribution is 7.90. The number of carboxylic acids is 1. The number of H-pyrrole nitrogens is 1. The molecule has 1 saturated heterocycles. The number of nitrogens with one attached hydrogen (secondary N) is 1. The van der Waals surface area contributed by atoms with Crippen molar-refractivity contribution in [3.05, 3.63) is 11.9 Å². The fourth-order valence-electron chi connectivity index (χ4n) is 2.54. The van der Waals surface area contributed by atoms with Crippen molar-refractivity contribution < 1.29 is 23.1 Å². The van der Waals surface area contributed by atoms with Crippen LogP contribution in [0, 0.1) is 0 Å². The second kappa shape index (κ2) is 5.84. The van der Waals surface area contributed by atoms with Crippen molar-refractivity contribution in [3.63, 3.8) is 0 Å². The lowest BCUT2D eigenvalue weighted by Gasteiger charge is -2.24. The Morgan fingerprint density at radius 3 is 2.81 bits per heavy atom. The second-order valence-corrected chi connectivity index (χ2v) is 7.04. The predicted octanol–water partition coefficient (Wildman–Crippen LogP) is 0.341. The standard InChI is InChI=1S/C12H17N3O5S/c1-21(19,20)9-7-13-14-12(9)8-3-2-6-15(8)10(16)4-5-11(17)18/h7-8H,2-6H2,1H3,(H,13,14)(H,17,18)/t8-/m1/s1. The number of carbonyl (C=O) groups is 2. The van der Waals surface area contributed by atoms with Crippen molar-refractivity contribution >= 4 is 21.7 Å². The molecule has 9 heteroatoms. The molecule has 1 aromatic rings. The van der Waals surface area contributed by atoms with Crippen molar-refractivity contribution in [2.24, 2.45) is 0 Å². The minimum Gasteiger partial charge on any atom is -0.481 e. The van der Waals surface area contributed by atoms with Crippen molar-refractivity contribution in [1.29, 1.82) is 0 Å². The lowest BCUT2D eigenvalue weighted by Crippen LogP contribution is -2.31. The Kier molecular flexibility index (Phi) is 4.31. The molecule has 0 saturated carbocycles. The number of carbonyl (C=O) groups excluding carboxylic acids is 1. The predicted molar refractivity (Wildman–Crippen MR) is 72.3 cm³/mol. The zero-order valence-corrected chi connectivity index (χ0v) is 12.4. The maximum Gasteiger partial charge on any atom is 0.303 e. The fraction of sp³-hybridized carbons (Fsp3) is 0.583. The summed E-state index contributed by atoms with van der Waals surface area (Å²) in [6.07, 6.45) is 3.38. The van der Waals surface area contributed by atoms with Gasteiger partial charge in [-0.05, 0) is 12.8 Å². The van der Waals surface area contributed by atoms with E-state index in [0.717, 1.165) is 12.7 Å². The highest BCUT2D eigenvalue weighted by atomic mass is 32.2. The molecule has 2 N–H and O–H groups in total. The number of carboxylic acid groups (broad SMARTS) is 1. The number of aromatic nitrogens is 2. The molecule has 8 nitrogen and oxygen atoms in total. The quantitative estimate of drug-likeness (QED) is 0.808. The number of aliphatic carboxylic acids is 1. The van der Waals surface area contributed by atoms with Gasteiger partial charge in [-0.1, -0.05) is 0 Å². The van der Waals surface area contributed by atoms with Crippen LogP contribution >= 0.6 is 0 Å². The molecule has 0 bridgehead atoms. The van der Waals surface area contributed by atoms with Crippen LogP contribution in [0.5, 0.6) is 0 Å². The third-order valence-electron chi connectivity index (χ3n) is 3.49. The Morgan fingerprint density at radius 2 is 2.19 bits per heavy atom. The Bertz CT molecular complexity index is 652. The first kappa shape index (κ1) is 15.5. The summed E-state index contributed by atoms with van der Waals surface area (Å²) in [4.78, 5) is 24.3. The third kappa shape index (κ3) is 3.41. The fourth-order valence-corrected chi connectivity index (χ4v) is 3.37. The van der Waals surface area contributed by atoms with Crippen LogP contribution in [0.3, 0.4) is 0 Å². The van der Waals surface area contributed by atoms with E-state index in [1.807, 2.05) is 0 Å². The SMILES string of the molecule is CS(=O)(=O)c1cn[nH]c1[C@H]1CCCN1C(=O)CCC(=O)O. The van der Waals surface area contributed by atoms with E-state index >= 15 is 0 Å². The largest absolute Gasteiger partial charge is 0.481 e. The first-order valence-electron chi connectivity index (χ1n) is 6.55. The van der Waals surface area contributed by atoms with Gasteiger partial charge in [-0.15, -0.1) is 0 Å². The highest BCUT2D eigenvalue weighted by Gasteiger charge is 2.34. The van der Waals surface area contributed by atoms with Crippen molar-refractivity contribution in [2.45, 2.75) is 36.6 Å². The van der Waals surface area contributed by atoms with Crippen LogP contribution in [0.1, 0.15) is 37.4 Å². The first-order valence-corrected chi connectivity index (χ1v) is 8.44. The van der Waals surface area contributed by atoms with E-state index in [1.54, 1.807) is 0 Å². The van der Waals surface area contributed by atoms with Gasteiger partial charge in [0, 0.05) is 19.2 Å². The highest BCUT2D eigenvalue weighted by Crippen LogP contribution is 2.34. The first-order chi connectivity index (χ1) is 9.80. The van der Waals surface area contributed by atoms with Crippen molar-refractivity contribution in [1.82, 2.24) is 15.1 Å². The molecular formula is C12H17N3O5S. The van der Waals surface area contributed by atoms with Gasteiger partial charge in [0.2, 0.25) is 5.91 Å². The zero-order valence-electron chi connectivity index (χ0n) is 11.6. The number of hydrogen-bond acceptors (Lipinski definition) is 5. The van der Waals surface area contributed by atoms with Crippen molar-refractivity contribution in [2.75, 3.05) is 12.8 Å². The molecule has 0 radical (unpaired) electrons. The summed E-state index contributed by atoms with van der Waals surface area (Å²) in [5.74, 6) is -1.31. The molecule has 1 fully saturated rings. The van der Waals surface area contributed by atoms with E-state index in [-0.39, 0.29) is 23.6 Å². The summed E-state index contributed by atoms with van der Waals surface area (Å²) in [5.41, 5.74) is 0.402. The molecule has 2 rings (SSSR count). The summed E-state index contributed by atoms with van der Waals surface area (Å²) in [6, 6.07) is -0.390. The molecule has 21 heavy (non-hydrogen) atoms. The van der Waals surface area contributed by atoms with Crippen LogP contribution in [0.4, 0.5) is 0 Å². The Labute approximate surface area is 122 Å². The molecule has 1 aliphatic rings. The Balaban J connectivity index is 2.21. The smallest absolute Gasteiger partial charge is 0.303 e. The van der Waals surface area contributed by atoms with Gasteiger partial charge in [0.05, 0.1) is 24.4 Å². The van der Waals surface area contributed by atoms with Gasteiger partial charge in [-0.3, -0.25) is 14.7 Å². The van der Waals surface area contributed by atoms with Crippen LogP contribution in [0.25, 0.3) is 0 Å². The Morgan fingerprint density at radius 1 is 1.48 bits per heavy atom. The summed E-state index contributed by atoms with van der Waals surface area (Å²) >= 11 is 0. The molecule has 2 heterocycles. The monoisotopic (exact) mass is 315 g/mol. The molecule has 116 valence electrons. The lowest BCUT2D eigenvalue weighted by atomic mass is 10.1. The number of aromatic amines is 1. The summed E-state index contributed by atoms with van der Waals surface area (Å²) in [5, 5.41) is 15.1. The number of amides is 1. The number of sulfone groups is 1. The average molecular weight is 315 g/mol. The molecule has 0 spiro atoms. The molecule has 1 atom stereocenters. The van der Waals surface area contributed by atoms with Gasteiger partial charge < -0.3 is 10.0 Å². The maximum atomic E-state index is 12.1. The molecule has 1 aromatic heterocycles. The molecule has 0 aliphatic carbocycles. The molecule has 1 aliphatic heterocycles. The van der Waals surface area contributed by atoms with Crippen LogP contribution in [-0.2, 0) is 19.4 Å². The van der Waals surface area contributed by atoms with E-state index in [0.29, 0.717) is 18.7 Å². The minimum absolute atomic E-state index is 0.0884. The van der Waals surface area contributed by atoms with Gasteiger partial charge in [0.1, 0.15) is 4.90 Å². The number of rotatable bonds is 5. The van der Waals surface area contributed by atoms with E-state index in [9.17, 15) is 18.0 Å². The van der Waals surface area contributed by atoms with Gasteiger partial charge in [-0.2, -0.15) is 5.10 Å². The van der Waals surface area contributed by atoms with Gasteiger partial charge in [-0.25, -0.2) is 8.42 Å². The molecule has 1 amide bonds. The summed E-state index contributed by atoms with van der Waals surface area (Å²) in [6.45, 7) is 0.491. The second-order valence-electron chi connectivity index (χ2n) is 5.06. The van der Waals surface area contributed by atoms with Crippen LogP contribution < -0.4 is 0 Å². The zero-order chi connectivity index (χ0) is 15.6. The van der Waals surface area contributed by atoms with E-state index in [4.69, 9.17) is 5.11 Å². The van der Waals surface area contributed by atoms with Crippen LogP contribution in [-0.4, -0.2) is 53.3 Å². The van der Waals surface area contributed by atoms with Gasteiger partial charge >= 0.3 is 5.97 Å². The molecule has 0 aromatic carbocycles. The van der Waals surface area contributed by atoms with Gasteiger partial charge in [0.15, 0.2) is 9.84 Å².